The number of hydrogen-bond donors (Lipinski definition) is 1. The summed E-state index contributed by atoms with van der Waals surface area (Å²) in [5.41, 5.74) is 13.2. The normalized spacial score (nSPS) is 25.6. The van der Waals surface area contributed by atoms with Gasteiger partial charge in [-0.3, -0.25) is 0 Å². The summed E-state index contributed by atoms with van der Waals surface area (Å²) in [6.07, 6.45) is 5.67. The molecule has 70 heavy (non-hydrogen) atoms. The van der Waals surface area contributed by atoms with Crippen LogP contribution in [0.3, 0.4) is 0 Å². The van der Waals surface area contributed by atoms with Gasteiger partial charge in [0.05, 0.1) is 11.1 Å². The van der Waals surface area contributed by atoms with Crippen molar-refractivity contribution in [3.05, 3.63) is 56.7 Å². The molecule has 0 saturated heterocycles. The third-order valence-corrected chi connectivity index (χ3v) is 25.4. The number of carboxylic acid groups (broad SMARTS) is 1. The Hall–Kier alpha value is -8.60. The van der Waals surface area contributed by atoms with Gasteiger partial charge >= 0.3 is 5.97 Å². The van der Waals surface area contributed by atoms with Crippen LogP contribution in [0.2, 0.25) is 0 Å². The highest BCUT2D eigenvalue weighted by molar-refractivity contribution is 6.78. The van der Waals surface area contributed by atoms with Gasteiger partial charge < -0.3 is 9.94 Å². The monoisotopic (exact) mass is 863 g/mol. The van der Waals surface area contributed by atoms with E-state index in [0.717, 1.165) is 5.71 Å². The second-order valence-corrected chi connectivity index (χ2v) is 25.6. The van der Waals surface area contributed by atoms with Crippen LogP contribution in [0.25, 0.3) is 259 Å². The Morgan fingerprint density at radius 3 is 0.943 bits per heavy atom. The minimum Gasteiger partial charge on any atom is -0.479 e. The molecule has 0 fully saturated rings. The van der Waals surface area contributed by atoms with Gasteiger partial charge in [-0.25, -0.2) is 4.79 Å². The lowest BCUT2D eigenvalue weighted by Crippen LogP contribution is -2.53. The quantitative estimate of drug-likeness (QED) is 0.142. The molecule has 296 valence electrons. The SMILES string of the molecule is O=C(O)CO/N=C1\C=CC23c4c5c6c7c8c9c%10c%11c%12c%13c%14c%15c%16c%17c%18c(c9c6c6c%18c9c%17c%17c%15c%15c%18c%14c%14c%12c%12c%11c8c(c8c%11c2c2c4c4c(c56)c9c5c4c4c2c2c%11c(c8%12)c%14c%18c2c4c%15c%175)C73C1)C%10C%13%16. The molecule has 0 bridgehead atoms. The Morgan fingerprint density at radius 2 is 0.629 bits per heavy atom. The van der Waals surface area contributed by atoms with E-state index in [9.17, 15) is 9.90 Å². The Kier molecular flexibility index (Phi) is 2.23. The Balaban J connectivity index is 1.15. The molecule has 0 radical (unpaired) electrons. The molecule has 24 aromatic rings. The lowest BCUT2D eigenvalue weighted by Gasteiger charge is -2.54. The third-order valence-electron chi connectivity index (χ3n) is 25.4. The average molecular weight is 864 g/mol. The number of aliphatic carboxylic acids is 1. The van der Waals surface area contributed by atoms with Crippen LogP contribution in [0, 0.1) is 0 Å². The van der Waals surface area contributed by atoms with E-state index in [-0.39, 0.29) is 0 Å². The Bertz CT molecular complexity index is 7290. The first-order valence-corrected chi connectivity index (χ1v) is 25.8. The zero-order valence-electron chi connectivity index (χ0n) is 35.4. The number of hydrogen-bond acceptors (Lipinski definition) is 3. The number of nitrogens with zero attached hydrogens (tertiary/aromatic N) is 1. The summed E-state index contributed by atoms with van der Waals surface area (Å²) in [4.78, 5) is 17.9. The lowest BCUT2D eigenvalue weighted by molar-refractivity contribution is -0.142. The summed E-state index contributed by atoms with van der Waals surface area (Å²) in [5, 5.41) is 92.3. The molecule has 24 aromatic carbocycles. The fraction of sp³-hybridized carbons (Fsp3) is 0.0909. The third kappa shape index (κ3) is 1.39. The molecule has 0 aromatic heterocycles. The van der Waals surface area contributed by atoms with Crippen LogP contribution in [0.4, 0.5) is 0 Å². The van der Waals surface area contributed by atoms with Crippen LogP contribution in [-0.4, -0.2) is 23.4 Å². The van der Waals surface area contributed by atoms with E-state index >= 15 is 0 Å². The lowest BCUT2D eigenvalue weighted by atomic mass is 9.45. The number of carboxylic acids is 1. The molecular formula is C66H9NO3. The fourth-order valence-corrected chi connectivity index (χ4v) is 25.5. The molecule has 0 amide bonds. The number of carbonyl (C=O) groups is 1. The topological polar surface area (TPSA) is 58.9 Å². The van der Waals surface area contributed by atoms with Gasteiger partial charge in [0.1, 0.15) is 0 Å². The van der Waals surface area contributed by atoms with Gasteiger partial charge in [-0.1, -0.05) is 11.2 Å². The summed E-state index contributed by atoms with van der Waals surface area (Å²) in [6, 6.07) is 0. The number of benzene rings is 16. The van der Waals surface area contributed by atoms with Crippen LogP contribution < -0.4 is 0 Å². The van der Waals surface area contributed by atoms with E-state index in [0.29, 0.717) is 18.3 Å². The van der Waals surface area contributed by atoms with Crippen LogP contribution >= 0.6 is 0 Å². The first-order chi connectivity index (χ1) is 34.7. The molecule has 4 nitrogen and oxygen atoms in total. The molecule has 9 aliphatic rings. The summed E-state index contributed by atoms with van der Waals surface area (Å²) >= 11 is 0. The number of oxime groups is 1. The predicted octanol–water partition coefficient (Wildman–Crippen LogP) is 16.0. The van der Waals surface area contributed by atoms with Gasteiger partial charge in [0.2, 0.25) is 6.61 Å². The maximum absolute atomic E-state index is 12.1. The molecule has 4 unspecified atom stereocenters. The van der Waals surface area contributed by atoms with E-state index in [2.05, 4.69) is 12.2 Å². The molecule has 2 spiro atoms. The number of rotatable bonds is 3. The van der Waals surface area contributed by atoms with Crippen LogP contribution in [0.15, 0.2) is 17.3 Å². The minimum atomic E-state index is -0.988. The summed E-state index contributed by atoms with van der Waals surface area (Å²) in [6.45, 7) is -0.439. The highest BCUT2D eigenvalue weighted by atomic mass is 16.6. The second kappa shape index (κ2) is 5.94. The van der Waals surface area contributed by atoms with Crippen LogP contribution in [0.5, 0.6) is 0 Å². The zero-order chi connectivity index (χ0) is 41.9. The first-order valence-electron chi connectivity index (χ1n) is 25.8. The Morgan fingerprint density at radius 1 is 0.386 bits per heavy atom. The van der Waals surface area contributed by atoms with Crippen molar-refractivity contribution in [3.8, 4) is 0 Å². The molecule has 1 N–H and O–H groups in total. The van der Waals surface area contributed by atoms with Crippen LogP contribution in [0.1, 0.15) is 62.8 Å². The van der Waals surface area contributed by atoms with Crippen LogP contribution in [-0.2, 0) is 20.5 Å². The standard InChI is InChI=1S/C66H9NO3/c68-6(69)4-70-67-5-1-2-65-61-53-45-35-25-17-9-7-8-11-15-13(9)21-29-23(15)33-27-19(11)20-12(8)16-14-10(7)18(17)26-32-22(14)30-24(16)34-28(20)38-37(27)47-41(33)51-43(29)49(39(45)31(21)25)55(61)57(51)63-59(47)60-48(38)42(34)52-44(30)50-40(32)46(36(26)35)54(53)62(65)56(50)58(52)64(60)66(63,65)3-5/h1-2,19,27H,3-4H2,(H,68,69)/b67-5+. The van der Waals surface area contributed by atoms with E-state index in [1.165, 1.54) is 0 Å². The van der Waals surface area contributed by atoms with E-state index < -0.39 is 23.4 Å². The molecule has 9 aliphatic carbocycles. The number of allylic oxidation sites excluding steroid dienone is 2. The largest absolute Gasteiger partial charge is 0.479 e. The first kappa shape index (κ1) is 26.2. The molecule has 0 aliphatic heterocycles. The van der Waals surface area contributed by atoms with Gasteiger partial charge in [-0.15, -0.1) is 0 Å². The second-order valence-electron chi connectivity index (χ2n) is 25.6. The molecule has 0 heterocycles. The fourth-order valence-electron chi connectivity index (χ4n) is 25.5. The van der Waals surface area contributed by atoms with Gasteiger partial charge in [0, 0.05) is 23.7 Å². The summed E-state index contributed by atoms with van der Waals surface area (Å²) in [5.74, 6) is -0.346. The Labute approximate surface area is 380 Å². The highest BCUT2D eigenvalue weighted by Gasteiger charge is 2.70. The minimum absolute atomic E-state index is 0.312. The summed E-state index contributed by atoms with van der Waals surface area (Å²) in [7, 11) is 0. The molecule has 4 heteroatoms. The van der Waals surface area contributed by atoms with Crippen molar-refractivity contribution in [1.82, 2.24) is 0 Å². The average Bonchev–Trinajstić information content (AvgIpc) is 4.25. The van der Waals surface area contributed by atoms with Crippen molar-refractivity contribution in [3.63, 3.8) is 0 Å². The maximum Gasteiger partial charge on any atom is 0.344 e. The molecule has 4 atom stereocenters. The van der Waals surface area contributed by atoms with E-state index in [4.69, 9.17) is 9.99 Å². The van der Waals surface area contributed by atoms with E-state index in [1.54, 1.807) is 303 Å². The molecule has 0 saturated carbocycles. The van der Waals surface area contributed by atoms with Crippen molar-refractivity contribution in [2.24, 2.45) is 5.16 Å². The van der Waals surface area contributed by atoms with E-state index in [1.807, 2.05) is 0 Å². The van der Waals surface area contributed by atoms with Crippen molar-refractivity contribution in [2.75, 3.05) is 6.61 Å². The zero-order valence-corrected chi connectivity index (χ0v) is 35.4. The van der Waals surface area contributed by atoms with Crippen molar-refractivity contribution in [2.45, 2.75) is 29.1 Å². The van der Waals surface area contributed by atoms with Gasteiger partial charge in [0.25, 0.3) is 0 Å². The van der Waals surface area contributed by atoms with Crippen molar-refractivity contribution < 1.29 is 14.7 Å². The van der Waals surface area contributed by atoms with Gasteiger partial charge in [-0.05, 0) is 309 Å². The van der Waals surface area contributed by atoms with Gasteiger partial charge in [0.15, 0.2) is 0 Å². The highest BCUT2D eigenvalue weighted by Crippen LogP contribution is 2.86. The molecular weight excluding hydrogens is 855 g/mol. The predicted molar refractivity (Wildman–Crippen MR) is 284 cm³/mol. The molecule has 33 rings (SSSR count). The van der Waals surface area contributed by atoms with Crippen molar-refractivity contribution >= 4 is 270 Å². The summed E-state index contributed by atoms with van der Waals surface area (Å²) < 4.78 is 0. The van der Waals surface area contributed by atoms with Crippen molar-refractivity contribution in [1.29, 1.82) is 0 Å². The smallest absolute Gasteiger partial charge is 0.344 e. The van der Waals surface area contributed by atoms with Gasteiger partial charge in [-0.2, -0.15) is 0 Å². The maximum atomic E-state index is 12.1.